The van der Waals surface area contributed by atoms with Gasteiger partial charge in [-0.3, -0.25) is 0 Å². The number of carbonyl (C=O) groups is 1. The van der Waals surface area contributed by atoms with Crippen LogP contribution in [0.25, 0.3) is 21.5 Å². The normalized spacial score (nSPS) is 11.0. The van der Waals surface area contributed by atoms with Crippen LogP contribution in [0.3, 0.4) is 0 Å². The van der Waals surface area contributed by atoms with Gasteiger partial charge in [0.25, 0.3) is 0 Å². The number of rotatable bonds is 6. The van der Waals surface area contributed by atoms with Crippen molar-refractivity contribution in [3.63, 3.8) is 0 Å². The molecule has 3 rings (SSSR count). The SMILES string of the molecule is CCCCCOC(=O)c1cc(-c2cccs2)nc2c(C)c(Cl)ccc12. The van der Waals surface area contributed by atoms with E-state index in [4.69, 9.17) is 21.3 Å². The molecule has 0 aliphatic rings. The van der Waals surface area contributed by atoms with E-state index in [-0.39, 0.29) is 5.97 Å². The lowest BCUT2D eigenvalue weighted by molar-refractivity contribution is 0.0500. The summed E-state index contributed by atoms with van der Waals surface area (Å²) in [6.07, 6.45) is 3.03. The second-order valence-corrected chi connectivity index (χ2v) is 7.30. The lowest BCUT2D eigenvalue weighted by Gasteiger charge is -2.11. The van der Waals surface area contributed by atoms with Gasteiger partial charge in [0, 0.05) is 10.4 Å². The van der Waals surface area contributed by atoms with Crippen molar-refractivity contribution in [2.45, 2.75) is 33.1 Å². The Hall–Kier alpha value is -1.91. The molecule has 0 atom stereocenters. The first-order valence-corrected chi connectivity index (χ1v) is 9.68. The van der Waals surface area contributed by atoms with Crippen molar-refractivity contribution >= 4 is 39.8 Å². The van der Waals surface area contributed by atoms with E-state index in [0.717, 1.165) is 46.3 Å². The minimum absolute atomic E-state index is 0.303. The van der Waals surface area contributed by atoms with Crippen molar-refractivity contribution in [3.8, 4) is 10.6 Å². The minimum atomic E-state index is -0.303. The van der Waals surface area contributed by atoms with Crippen molar-refractivity contribution in [2.24, 2.45) is 0 Å². The fraction of sp³-hybridized carbons (Fsp3) is 0.300. The summed E-state index contributed by atoms with van der Waals surface area (Å²) in [6.45, 7) is 4.49. The zero-order valence-electron chi connectivity index (χ0n) is 14.3. The Morgan fingerprint density at radius 1 is 1.28 bits per heavy atom. The number of pyridine rings is 1. The first kappa shape index (κ1) is 17.9. The second-order valence-electron chi connectivity index (χ2n) is 5.94. The van der Waals surface area contributed by atoms with E-state index in [1.807, 2.05) is 36.6 Å². The first-order valence-electron chi connectivity index (χ1n) is 8.42. The third kappa shape index (κ3) is 3.86. The van der Waals surface area contributed by atoms with E-state index >= 15 is 0 Å². The van der Waals surface area contributed by atoms with Gasteiger partial charge in [-0.1, -0.05) is 43.5 Å². The summed E-state index contributed by atoms with van der Waals surface area (Å²) >= 11 is 7.85. The van der Waals surface area contributed by atoms with Crippen molar-refractivity contribution in [2.75, 3.05) is 6.61 Å². The van der Waals surface area contributed by atoms with E-state index in [2.05, 4.69) is 6.92 Å². The van der Waals surface area contributed by atoms with Crippen LogP contribution < -0.4 is 0 Å². The largest absolute Gasteiger partial charge is 0.462 e. The third-order valence-corrected chi connectivity index (χ3v) is 5.44. The molecular formula is C20H20ClNO2S. The lowest BCUT2D eigenvalue weighted by atomic mass is 10.0. The second kappa shape index (κ2) is 7.98. The molecule has 2 aromatic heterocycles. The van der Waals surface area contributed by atoms with Crippen LogP contribution in [0.5, 0.6) is 0 Å². The number of hydrogen-bond acceptors (Lipinski definition) is 4. The number of benzene rings is 1. The Kier molecular flexibility index (Phi) is 5.71. The van der Waals surface area contributed by atoms with E-state index in [0.29, 0.717) is 17.2 Å². The smallest absolute Gasteiger partial charge is 0.338 e. The maximum atomic E-state index is 12.7. The molecular weight excluding hydrogens is 354 g/mol. The standard InChI is InChI=1S/C20H20ClNO2S/c1-3-4-5-10-24-20(23)15-12-17(18-7-6-11-25-18)22-19-13(2)16(21)9-8-14(15)19/h6-9,11-12H,3-5,10H2,1-2H3. The monoisotopic (exact) mass is 373 g/mol. The predicted molar refractivity (Wildman–Crippen MR) is 105 cm³/mol. The molecule has 0 saturated carbocycles. The molecule has 25 heavy (non-hydrogen) atoms. The third-order valence-electron chi connectivity index (χ3n) is 4.14. The van der Waals surface area contributed by atoms with Gasteiger partial charge in [0.2, 0.25) is 0 Å². The molecule has 3 aromatic rings. The van der Waals surface area contributed by atoms with Gasteiger partial charge in [0.05, 0.1) is 28.3 Å². The Morgan fingerprint density at radius 2 is 2.12 bits per heavy atom. The van der Waals surface area contributed by atoms with Crippen LogP contribution in [0.1, 0.15) is 42.1 Å². The van der Waals surface area contributed by atoms with E-state index in [9.17, 15) is 4.79 Å². The number of hydrogen-bond donors (Lipinski definition) is 0. The Labute approximate surface area is 156 Å². The van der Waals surface area contributed by atoms with Crippen LogP contribution in [0.15, 0.2) is 35.7 Å². The summed E-state index contributed by atoms with van der Waals surface area (Å²) in [6, 6.07) is 9.44. The van der Waals surface area contributed by atoms with Crippen molar-refractivity contribution in [1.82, 2.24) is 4.98 Å². The highest BCUT2D eigenvalue weighted by atomic mass is 35.5. The molecule has 0 spiro atoms. The highest BCUT2D eigenvalue weighted by Crippen LogP contribution is 2.32. The van der Waals surface area contributed by atoms with Gasteiger partial charge in [0.15, 0.2) is 0 Å². The summed E-state index contributed by atoms with van der Waals surface area (Å²) in [7, 11) is 0. The molecule has 0 aliphatic heterocycles. The summed E-state index contributed by atoms with van der Waals surface area (Å²) < 4.78 is 5.48. The topological polar surface area (TPSA) is 39.2 Å². The number of halogens is 1. The Bertz CT molecular complexity index is 890. The van der Waals surface area contributed by atoms with E-state index in [1.165, 1.54) is 0 Å². The van der Waals surface area contributed by atoms with E-state index < -0.39 is 0 Å². The molecule has 2 heterocycles. The fourth-order valence-corrected chi connectivity index (χ4v) is 3.56. The van der Waals surface area contributed by atoms with Gasteiger partial charge >= 0.3 is 5.97 Å². The molecule has 0 N–H and O–H groups in total. The van der Waals surface area contributed by atoms with Crippen molar-refractivity contribution in [3.05, 3.63) is 51.9 Å². The highest BCUT2D eigenvalue weighted by molar-refractivity contribution is 7.13. The van der Waals surface area contributed by atoms with Crippen molar-refractivity contribution < 1.29 is 9.53 Å². The summed E-state index contributed by atoms with van der Waals surface area (Å²) in [5.41, 5.74) is 2.94. The fourth-order valence-electron chi connectivity index (χ4n) is 2.72. The van der Waals surface area contributed by atoms with Gasteiger partial charge in [-0.25, -0.2) is 9.78 Å². The van der Waals surface area contributed by atoms with Crippen LogP contribution >= 0.6 is 22.9 Å². The Morgan fingerprint density at radius 3 is 2.84 bits per heavy atom. The van der Waals surface area contributed by atoms with Crippen LogP contribution in [0.2, 0.25) is 5.02 Å². The zero-order valence-corrected chi connectivity index (χ0v) is 15.9. The van der Waals surface area contributed by atoms with Gasteiger partial charge in [-0.05, 0) is 42.5 Å². The number of carbonyl (C=O) groups excluding carboxylic acids is 1. The van der Waals surface area contributed by atoms with Crippen LogP contribution in [-0.2, 0) is 4.74 Å². The summed E-state index contributed by atoms with van der Waals surface area (Å²) in [5, 5.41) is 3.42. The zero-order chi connectivity index (χ0) is 17.8. The number of thiophene rings is 1. The quantitative estimate of drug-likeness (QED) is 0.377. The number of aromatic nitrogens is 1. The maximum absolute atomic E-state index is 12.7. The summed E-state index contributed by atoms with van der Waals surface area (Å²) in [5.74, 6) is -0.303. The number of aryl methyl sites for hydroxylation is 1. The average Bonchev–Trinajstić information content (AvgIpc) is 3.15. The number of fused-ring (bicyclic) bond motifs is 1. The number of nitrogens with zero attached hydrogens (tertiary/aromatic N) is 1. The van der Waals surface area contributed by atoms with Crippen molar-refractivity contribution in [1.29, 1.82) is 0 Å². The highest BCUT2D eigenvalue weighted by Gasteiger charge is 2.17. The molecule has 130 valence electrons. The molecule has 0 fully saturated rings. The lowest BCUT2D eigenvalue weighted by Crippen LogP contribution is -2.08. The molecule has 0 radical (unpaired) electrons. The molecule has 0 amide bonds. The molecule has 0 saturated heterocycles. The predicted octanol–water partition coefficient (Wildman–Crippen LogP) is 6.27. The number of unbranched alkanes of at least 4 members (excludes halogenated alkanes) is 2. The average molecular weight is 374 g/mol. The first-order chi connectivity index (χ1) is 12.1. The molecule has 1 aromatic carbocycles. The minimum Gasteiger partial charge on any atom is -0.462 e. The van der Waals surface area contributed by atoms with Gasteiger partial charge < -0.3 is 4.74 Å². The Balaban J connectivity index is 2.06. The van der Waals surface area contributed by atoms with Crippen LogP contribution in [0, 0.1) is 6.92 Å². The molecule has 0 bridgehead atoms. The number of ether oxygens (including phenoxy) is 1. The van der Waals surface area contributed by atoms with Gasteiger partial charge in [0.1, 0.15) is 0 Å². The van der Waals surface area contributed by atoms with E-state index in [1.54, 1.807) is 17.4 Å². The maximum Gasteiger partial charge on any atom is 0.338 e. The molecule has 3 nitrogen and oxygen atoms in total. The summed E-state index contributed by atoms with van der Waals surface area (Å²) in [4.78, 5) is 18.4. The molecule has 0 unspecified atom stereocenters. The van der Waals surface area contributed by atoms with Crippen LogP contribution in [0.4, 0.5) is 0 Å². The molecule has 5 heteroatoms. The van der Waals surface area contributed by atoms with Gasteiger partial charge in [-0.15, -0.1) is 11.3 Å². The van der Waals surface area contributed by atoms with Gasteiger partial charge in [-0.2, -0.15) is 0 Å². The number of esters is 1. The van der Waals surface area contributed by atoms with Crippen LogP contribution in [-0.4, -0.2) is 17.6 Å². The molecule has 0 aliphatic carbocycles.